The number of carboxylic acid groups (broad SMARTS) is 1. The molecule has 0 saturated carbocycles. The molecule has 0 spiro atoms. The fourth-order valence-corrected chi connectivity index (χ4v) is 2.32. The van der Waals surface area contributed by atoms with Crippen molar-refractivity contribution >= 4 is 12.2 Å². The van der Waals surface area contributed by atoms with Gasteiger partial charge in [-0.05, 0) is 46.6 Å². The highest BCUT2D eigenvalue weighted by molar-refractivity contribution is 5.68. The minimum Gasteiger partial charge on any atom is -0.465 e. The van der Waals surface area contributed by atoms with Crippen molar-refractivity contribution in [3.63, 3.8) is 0 Å². The zero-order valence-corrected chi connectivity index (χ0v) is 13.1. The van der Waals surface area contributed by atoms with E-state index in [1.807, 2.05) is 20.8 Å². The predicted molar refractivity (Wildman–Crippen MR) is 79.5 cm³/mol. The number of nitrogens with one attached hydrogen (secondary N) is 2. The maximum atomic E-state index is 11.7. The van der Waals surface area contributed by atoms with Crippen LogP contribution in [0.4, 0.5) is 9.59 Å². The molecule has 1 aliphatic heterocycles. The summed E-state index contributed by atoms with van der Waals surface area (Å²) in [5.41, 5.74) is -0.483. The first-order valence-electron chi connectivity index (χ1n) is 7.45. The minimum absolute atomic E-state index is 0.122. The largest absolute Gasteiger partial charge is 0.465 e. The predicted octanol–water partition coefficient (Wildman–Crippen LogP) is 1.63. The van der Waals surface area contributed by atoms with Crippen LogP contribution in [0.5, 0.6) is 0 Å². The number of likely N-dealkylation sites (tertiary alicyclic amines) is 1. The highest BCUT2D eigenvalue weighted by atomic mass is 16.6. The molecule has 0 aromatic rings. The second-order valence-electron chi connectivity index (χ2n) is 6.35. The maximum absolute atomic E-state index is 11.7. The first-order chi connectivity index (χ1) is 9.76. The Balaban J connectivity index is 2.28. The van der Waals surface area contributed by atoms with E-state index < -0.39 is 11.7 Å². The van der Waals surface area contributed by atoms with Crippen molar-refractivity contribution in [1.82, 2.24) is 15.5 Å². The zero-order chi connectivity index (χ0) is 15.9. The number of ether oxygens (including phenoxy) is 1. The van der Waals surface area contributed by atoms with Crippen LogP contribution in [0.15, 0.2) is 0 Å². The van der Waals surface area contributed by atoms with Crippen LogP contribution in [0.1, 0.15) is 40.0 Å². The lowest BCUT2D eigenvalue weighted by Gasteiger charge is -2.23. The van der Waals surface area contributed by atoms with Gasteiger partial charge in [0.15, 0.2) is 0 Å². The molecule has 1 fully saturated rings. The summed E-state index contributed by atoms with van der Waals surface area (Å²) in [6.45, 7) is 8.44. The molecule has 1 rings (SSSR count). The fraction of sp³-hybridized carbons (Fsp3) is 0.857. The van der Waals surface area contributed by atoms with Gasteiger partial charge in [0.1, 0.15) is 5.60 Å². The van der Waals surface area contributed by atoms with Crippen LogP contribution in [-0.2, 0) is 4.74 Å². The average Bonchev–Trinajstić information content (AvgIpc) is 2.52. The van der Waals surface area contributed by atoms with Gasteiger partial charge in [-0.1, -0.05) is 0 Å². The third-order valence-corrected chi connectivity index (χ3v) is 3.25. The lowest BCUT2D eigenvalue weighted by atomic mass is 10.1. The van der Waals surface area contributed by atoms with Gasteiger partial charge in [-0.2, -0.15) is 0 Å². The Hall–Kier alpha value is -1.50. The monoisotopic (exact) mass is 301 g/mol. The van der Waals surface area contributed by atoms with Crippen LogP contribution in [0.25, 0.3) is 0 Å². The van der Waals surface area contributed by atoms with Gasteiger partial charge in [-0.15, -0.1) is 0 Å². The Morgan fingerprint density at radius 2 is 2.00 bits per heavy atom. The summed E-state index contributed by atoms with van der Waals surface area (Å²) in [6, 6.07) is 0.122. The van der Waals surface area contributed by atoms with E-state index in [1.54, 1.807) is 0 Å². The number of rotatable bonds is 4. The molecule has 7 nitrogen and oxygen atoms in total. The number of carbonyl (C=O) groups excluding carboxylic acids is 1. The second kappa shape index (κ2) is 8.07. The molecule has 0 aromatic heterocycles. The quantitative estimate of drug-likeness (QED) is 0.734. The molecule has 0 unspecified atom stereocenters. The summed E-state index contributed by atoms with van der Waals surface area (Å²) in [7, 11) is 0. The number of hydrogen-bond acceptors (Lipinski definition) is 4. The molecule has 0 aromatic carbocycles. The van der Waals surface area contributed by atoms with Gasteiger partial charge in [-0.3, -0.25) is 0 Å². The van der Waals surface area contributed by atoms with Gasteiger partial charge in [0, 0.05) is 25.7 Å². The molecular weight excluding hydrogens is 274 g/mol. The van der Waals surface area contributed by atoms with Crippen LogP contribution < -0.4 is 10.6 Å². The Morgan fingerprint density at radius 1 is 1.29 bits per heavy atom. The Bertz CT molecular complexity index is 355. The van der Waals surface area contributed by atoms with E-state index in [1.165, 1.54) is 0 Å². The Kier molecular flexibility index (Phi) is 6.74. The van der Waals surface area contributed by atoms with Gasteiger partial charge in [-0.25, -0.2) is 9.59 Å². The average molecular weight is 301 g/mol. The van der Waals surface area contributed by atoms with E-state index in [9.17, 15) is 9.59 Å². The van der Waals surface area contributed by atoms with Crippen molar-refractivity contribution in [3.05, 3.63) is 0 Å². The standard InChI is InChI=1S/C14H27N3O4/c1-14(2,3)21-13(20)16-11-5-4-8-17(9-6-11)10-7-15-12(18)19/h11,15H,4-10H2,1-3H3,(H,16,20)(H,18,19)/t11-/m0/s1. The first kappa shape index (κ1) is 17.6. The number of carbonyl (C=O) groups is 2. The van der Waals surface area contributed by atoms with E-state index >= 15 is 0 Å². The summed E-state index contributed by atoms with van der Waals surface area (Å²) in [5, 5.41) is 13.8. The maximum Gasteiger partial charge on any atom is 0.407 e. The normalized spacial score (nSPS) is 20.4. The number of nitrogens with zero attached hydrogens (tertiary/aromatic N) is 1. The molecule has 2 amide bonds. The SMILES string of the molecule is CC(C)(C)OC(=O)N[C@H]1CCCN(CCNC(=O)O)CC1. The second-order valence-corrected chi connectivity index (χ2v) is 6.35. The molecule has 3 N–H and O–H groups in total. The molecular formula is C14H27N3O4. The highest BCUT2D eigenvalue weighted by Crippen LogP contribution is 2.12. The van der Waals surface area contributed by atoms with E-state index in [0.717, 1.165) is 32.4 Å². The van der Waals surface area contributed by atoms with Crippen LogP contribution in [0, 0.1) is 0 Å². The lowest BCUT2D eigenvalue weighted by molar-refractivity contribution is 0.0500. The van der Waals surface area contributed by atoms with Crippen LogP contribution in [0.3, 0.4) is 0 Å². The molecule has 21 heavy (non-hydrogen) atoms. The molecule has 0 bridgehead atoms. The van der Waals surface area contributed by atoms with Gasteiger partial charge >= 0.3 is 12.2 Å². The van der Waals surface area contributed by atoms with Crippen LogP contribution in [-0.4, -0.2) is 60.0 Å². The Labute approximate surface area is 126 Å². The molecule has 1 heterocycles. The van der Waals surface area contributed by atoms with E-state index in [2.05, 4.69) is 15.5 Å². The minimum atomic E-state index is -0.991. The smallest absolute Gasteiger partial charge is 0.407 e. The first-order valence-corrected chi connectivity index (χ1v) is 7.45. The third kappa shape index (κ3) is 8.39. The molecule has 0 radical (unpaired) electrons. The summed E-state index contributed by atoms with van der Waals surface area (Å²) in [4.78, 5) is 24.4. The van der Waals surface area contributed by atoms with Crippen molar-refractivity contribution in [2.75, 3.05) is 26.2 Å². The van der Waals surface area contributed by atoms with E-state index in [-0.39, 0.29) is 12.1 Å². The molecule has 1 aliphatic rings. The molecule has 1 saturated heterocycles. The number of amides is 2. The summed E-state index contributed by atoms with van der Waals surface area (Å²) < 4.78 is 5.26. The van der Waals surface area contributed by atoms with Crippen LogP contribution >= 0.6 is 0 Å². The van der Waals surface area contributed by atoms with Crippen molar-refractivity contribution < 1.29 is 19.4 Å². The number of hydrogen-bond donors (Lipinski definition) is 3. The van der Waals surface area contributed by atoms with Crippen molar-refractivity contribution in [1.29, 1.82) is 0 Å². The van der Waals surface area contributed by atoms with Gasteiger partial charge in [0.05, 0.1) is 0 Å². The van der Waals surface area contributed by atoms with Crippen molar-refractivity contribution in [2.24, 2.45) is 0 Å². The summed E-state index contributed by atoms with van der Waals surface area (Å²) in [5.74, 6) is 0. The highest BCUT2D eigenvalue weighted by Gasteiger charge is 2.22. The van der Waals surface area contributed by atoms with Gasteiger partial charge in [0.2, 0.25) is 0 Å². The number of alkyl carbamates (subject to hydrolysis) is 1. The Morgan fingerprint density at radius 3 is 2.62 bits per heavy atom. The third-order valence-electron chi connectivity index (χ3n) is 3.25. The molecule has 7 heteroatoms. The molecule has 122 valence electrons. The fourth-order valence-electron chi connectivity index (χ4n) is 2.32. The van der Waals surface area contributed by atoms with Crippen molar-refractivity contribution in [2.45, 2.75) is 51.7 Å². The van der Waals surface area contributed by atoms with Crippen molar-refractivity contribution in [3.8, 4) is 0 Å². The zero-order valence-electron chi connectivity index (χ0n) is 13.1. The molecule has 0 aliphatic carbocycles. The van der Waals surface area contributed by atoms with Gasteiger partial charge < -0.3 is 25.4 Å². The topological polar surface area (TPSA) is 90.9 Å². The summed E-state index contributed by atoms with van der Waals surface area (Å²) >= 11 is 0. The van der Waals surface area contributed by atoms with Crippen LogP contribution in [0.2, 0.25) is 0 Å². The molecule has 1 atom stereocenters. The van der Waals surface area contributed by atoms with E-state index in [0.29, 0.717) is 13.1 Å². The van der Waals surface area contributed by atoms with Gasteiger partial charge in [0.25, 0.3) is 0 Å². The lowest BCUT2D eigenvalue weighted by Crippen LogP contribution is -2.40. The van der Waals surface area contributed by atoms with E-state index in [4.69, 9.17) is 9.84 Å². The summed E-state index contributed by atoms with van der Waals surface area (Å²) in [6.07, 6.45) is 1.39.